The van der Waals surface area contributed by atoms with E-state index in [-0.39, 0.29) is 12.1 Å². The van der Waals surface area contributed by atoms with E-state index < -0.39 is 5.97 Å². The van der Waals surface area contributed by atoms with Gasteiger partial charge in [0.1, 0.15) is 6.04 Å². The van der Waals surface area contributed by atoms with Gasteiger partial charge in [0.15, 0.2) is 0 Å². The first kappa shape index (κ1) is 14.0. The molecule has 0 bridgehead atoms. The fraction of sp³-hybridized carbons (Fsp3) is 0.562. The van der Waals surface area contributed by atoms with Crippen LogP contribution in [0, 0.1) is 0 Å². The van der Waals surface area contributed by atoms with Crippen LogP contribution in [0.3, 0.4) is 0 Å². The van der Waals surface area contributed by atoms with Crippen molar-refractivity contribution >= 4 is 17.7 Å². The Labute approximate surface area is 124 Å². The standard InChI is InChI=1S/C16H21NO2S/c18-16(19)14-7-2-1-5-10-17(14)13-9-11-20-15-8-4-3-6-12(13)15/h3-4,6,8,13-14H,1-2,5,7,9-11H2,(H,18,19). The molecule has 108 valence electrons. The van der Waals surface area contributed by atoms with Crippen molar-refractivity contribution in [1.29, 1.82) is 0 Å². The van der Waals surface area contributed by atoms with Crippen LogP contribution in [0.1, 0.15) is 43.7 Å². The molecule has 0 saturated carbocycles. The van der Waals surface area contributed by atoms with E-state index in [1.807, 2.05) is 11.8 Å². The lowest BCUT2D eigenvalue weighted by molar-refractivity contribution is -0.144. The van der Waals surface area contributed by atoms with E-state index in [2.05, 4.69) is 29.2 Å². The monoisotopic (exact) mass is 291 g/mol. The highest BCUT2D eigenvalue weighted by molar-refractivity contribution is 7.99. The first-order chi connectivity index (χ1) is 9.77. The van der Waals surface area contributed by atoms with Gasteiger partial charge in [-0.2, -0.15) is 0 Å². The minimum atomic E-state index is -0.650. The quantitative estimate of drug-likeness (QED) is 0.904. The van der Waals surface area contributed by atoms with Crippen LogP contribution in [-0.2, 0) is 4.79 Å². The summed E-state index contributed by atoms with van der Waals surface area (Å²) in [6.07, 6.45) is 5.17. The van der Waals surface area contributed by atoms with Gasteiger partial charge in [-0.25, -0.2) is 0 Å². The number of likely N-dealkylation sites (tertiary alicyclic amines) is 1. The Hall–Kier alpha value is -1.00. The highest BCUT2D eigenvalue weighted by Crippen LogP contribution is 2.41. The minimum Gasteiger partial charge on any atom is -0.480 e. The Kier molecular flexibility index (Phi) is 4.32. The highest BCUT2D eigenvalue weighted by atomic mass is 32.2. The SMILES string of the molecule is O=C(O)C1CCCCCN1C1CCSc2ccccc21. The molecule has 2 unspecified atom stereocenters. The molecule has 3 rings (SSSR count). The number of fused-ring (bicyclic) bond motifs is 1. The Morgan fingerprint density at radius 2 is 2.05 bits per heavy atom. The van der Waals surface area contributed by atoms with E-state index in [9.17, 15) is 9.90 Å². The third-order valence-corrected chi connectivity index (χ3v) is 5.53. The molecule has 0 spiro atoms. The number of carboxylic acids is 1. The van der Waals surface area contributed by atoms with Crippen molar-refractivity contribution in [3.63, 3.8) is 0 Å². The molecule has 0 amide bonds. The van der Waals surface area contributed by atoms with Crippen LogP contribution >= 0.6 is 11.8 Å². The second kappa shape index (κ2) is 6.19. The molecule has 0 aliphatic carbocycles. The molecule has 2 atom stereocenters. The molecule has 4 heteroatoms. The fourth-order valence-electron chi connectivity index (χ4n) is 3.44. The first-order valence-electron chi connectivity index (χ1n) is 7.47. The predicted molar refractivity (Wildman–Crippen MR) is 81.1 cm³/mol. The van der Waals surface area contributed by atoms with Crippen molar-refractivity contribution < 1.29 is 9.90 Å². The Balaban J connectivity index is 1.92. The van der Waals surface area contributed by atoms with Crippen molar-refractivity contribution in [2.45, 2.75) is 49.1 Å². The smallest absolute Gasteiger partial charge is 0.320 e. The number of rotatable bonds is 2. The zero-order valence-electron chi connectivity index (χ0n) is 11.6. The van der Waals surface area contributed by atoms with Crippen molar-refractivity contribution in [2.75, 3.05) is 12.3 Å². The molecule has 20 heavy (non-hydrogen) atoms. The van der Waals surface area contributed by atoms with Gasteiger partial charge in [-0.05, 0) is 43.2 Å². The van der Waals surface area contributed by atoms with Crippen LogP contribution in [0.25, 0.3) is 0 Å². The zero-order chi connectivity index (χ0) is 13.9. The van der Waals surface area contributed by atoms with Crippen molar-refractivity contribution in [3.05, 3.63) is 29.8 Å². The van der Waals surface area contributed by atoms with Crippen molar-refractivity contribution in [2.24, 2.45) is 0 Å². The molecule has 2 aliphatic heterocycles. The average molecular weight is 291 g/mol. The minimum absolute atomic E-state index is 0.284. The van der Waals surface area contributed by atoms with E-state index in [0.29, 0.717) is 0 Å². The normalized spacial score (nSPS) is 27.6. The van der Waals surface area contributed by atoms with Crippen LogP contribution in [-0.4, -0.2) is 34.3 Å². The third-order valence-electron chi connectivity index (χ3n) is 4.41. The number of carboxylic acid groups (broad SMARTS) is 1. The van der Waals surface area contributed by atoms with E-state index in [4.69, 9.17) is 0 Å². The van der Waals surface area contributed by atoms with Crippen LogP contribution < -0.4 is 0 Å². The number of benzene rings is 1. The highest BCUT2D eigenvalue weighted by Gasteiger charge is 2.35. The third kappa shape index (κ3) is 2.72. The van der Waals surface area contributed by atoms with Crippen LogP contribution in [0.5, 0.6) is 0 Å². The van der Waals surface area contributed by atoms with Gasteiger partial charge in [-0.3, -0.25) is 9.69 Å². The molecule has 2 aliphatic rings. The number of aliphatic carboxylic acids is 1. The molecule has 3 nitrogen and oxygen atoms in total. The summed E-state index contributed by atoms with van der Waals surface area (Å²) in [6.45, 7) is 0.917. The van der Waals surface area contributed by atoms with Crippen molar-refractivity contribution in [1.82, 2.24) is 4.90 Å². The van der Waals surface area contributed by atoms with Gasteiger partial charge < -0.3 is 5.11 Å². The van der Waals surface area contributed by atoms with E-state index >= 15 is 0 Å². The number of hydrogen-bond donors (Lipinski definition) is 1. The molecule has 0 radical (unpaired) electrons. The Morgan fingerprint density at radius 1 is 1.20 bits per heavy atom. The van der Waals surface area contributed by atoms with Crippen LogP contribution in [0.15, 0.2) is 29.2 Å². The van der Waals surface area contributed by atoms with E-state index in [1.165, 1.54) is 10.5 Å². The summed E-state index contributed by atoms with van der Waals surface area (Å²) in [7, 11) is 0. The lowest BCUT2D eigenvalue weighted by Crippen LogP contribution is -2.43. The summed E-state index contributed by atoms with van der Waals surface area (Å²) < 4.78 is 0. The molecule has 1 saturated heterocycles. The summed E-state index contributed by atoms with van der Waals surface area (Å²) in [5.74, 6) is 0.437. The number of thioether (sulfide) groups is 1. The second-order valence-corrected chi connectivity index (χ2v) is 6.77. The molecule has 1 N–H and O–H groups in total. The molecular formula is C16H21NO2S. The summed E-state index contributed by atoms with van der Waals surface area (Å²) in [5, 5.41) is 9.57. The van der Waals surface area contributed by atoms with Gasteiger partial charge >= 0.3 is 5.97 Å². The zero-order valence-corrected chi connectivity index (χ0v) is 12.4. The maximum absolute atomic E-state index is 11.6. The number of hydrogen-bond acceptors (Lipinski definition) is 3. The van der Waals surface area contributed by atoms with Gasteiger partial charge in [0.05, 0.1) is 0 Å². The van der Waals surface area contributed by atoms with E-state index in [1.54, 1.807) is 0 Å². The molecule has 2 heterocycles. The summed E-state index contributed by atoms with van der Waals surface area (Å²) in [4.78, 5) is 15.2. The molecular weight excluding hydrogens is 270 g/mol. The predicted octanol–water partition coefficient (Wildman–Crippen LogP) is 3.55. The molecule has 1 fully saturated rings. The van der Waals surface area contributed by atoms with Gasteiger partial charge in [-0.1, -0.05) is 31.0 Å². The van der Waals surface area contributed by atoms with Crippen LogP contribution in [0.2, 0.25) is 0 Å². The van der Waals surface area contributed by atoms with Gasteiger partial charge in [0.25, 0.3) is 0 Å². The van der Waals surface area contributed by atoms with E-state index in [0.717, 1.165) is 44.4 Å². The molecule has 1 aromatic rings. The summed E-state index contributed by atoms with van der Waals surface area (Å²) in [5.41, 5.74) is 1.33. The largest absolute Gasteiger partial charge is 0.480 e. The van der Waals surface area contributed by atoms with Crippen molar-refractivity contribution in [3.8, 4) is 0 Å². The topological polar surface area (TPSA) is 40.5 Å². The molecule has 1 aromatic carbocycles. The number of nitrogens with zero attached hydrogens (tertiary/aromatic N) is 1. The first-order valence-corrected chi connectivity index (χ1v) is 8.46. The van der Waals surface area contributed by atoms with Gasteiger partial charge in [0.2, 0.25) is 0 Å². The van der Waals surface area contributed by atoms with Gasteiger partial charge in [-0.15, -0.1) is 11.8 Å². The molecule has 0 aromatic heterocycles. The number of carbonyl (C=O) groups is 1. The maximum atomic E-state index is 11.6. The Bertz CT molecular complexity index is 491. The Morgan fingerprint density at radius 3 is 2.90 bits per heavy atom. The average Bonchev–Trinajstić information content (AvgIpc) is 2.72. The lowest BCUT2D eigenvalue weighted by Gasteiger charge is -2.38. The second-order valence-electron chi connectivity index (χ2n) is 5.63. The fourth-order valence-corrected chi connectivity index (χ4v) is 4.54. The summed E-state index contributed by atoms with van der Waals surface area (Å²) >= 11 is 1.90. The maximum Gasteiger partial charge on any atom is 0.320 e. The summed E-state index contributed by atoms with van der Waals surface area (Å²) in [6, 6.07) is 8.47. The van der Waals surface area contributed by atoms with Gasteiger partial charge in [0, 0.05) is 10.9 Å². The lowest BCUT2D eigenvalue weighted by atomic mass is 9.99. The van der Waals surface area contributed by atoms with Crippen LogP contribution in [0.4, 0.5) is 0 Å².